The third-order valence-corrected chi connectivity index (χ3v) is 1.47. The van der Waals surface area contributed by atoms with Gasteiger partial charge < -0.3 is 4.74 Å². The zero-order valence-electron chi connectivity index (χ0n) is 5.95. The molecule has 0 aliphatic carbocycles. The lowest BCUT2D eigenvalue weighted by atomic mass is 10.3. The van der Waals surface area contributed by atoms with Crippen molar-refractivity contribution >= 4 is 37.2 Å². The lowest BCUT2D eigenvalue weighted by Gasteiger charge is -1.98. The van der Waals surface area contributed by atoms with Crippen molar-refractivity contribution < 1.29 is 14.3 Å². The van der Waals surface area contributed by atoms with E-state index >= 15 is 0 Å². The van der Waals surface area contributed by atoms with Crippen LogP contribution in [0.15, 0.2) is 0 Å². The molecule has 0 bridgehead atoms. The van der Waals surface area contributed by atoms with E-state index in [4.69, 9.17) is 0 Å². The first-order valence-electron chi connectivity index (χ1n) is 3.16. The summed E-state index contributed by atoms with van der Waals surface area (Å²) in [6, 6.07) is 0. The molecule has 0 heterocycles. The summed E-state index contributed by atoms with van der Waals surface area (Å²) in [6.45, 7) is 0. The molecule has 11 heavy (non-hydrogen) atoms. The topological polar surface area (TPSA) is 43.4 Å². The molecule has 0 spiro atoms. The summed E-state index contributed by atoms with van der Waals surface area (Å²) >= 11 is 7.54. The molecule has 0 aromatic rings. The second-order valence-electron chi connectivity index (χ2n) is 1.83. The minimum absolute atomic E-state index is 0.0629. The van der Waals surface area contributed by atoms with E-state index in [1.807, 2.05) is 0 Å². The molecule has 0 atom stereocenters. The third kappa shape index (κ3) is 6.25. The van der Waals surface area contributed by atoms with E-state index in [0.717, 1.165) is 0 Å². The van der Waals surface area contributed by atoms with Gasteiger partial charge in [0.15, 0.2) is 0 Å². The molecule has 0 saturated carbocycles. The molecule has 0 unspecified atom stereocenters. The number of hydrogen-bond donors (Lipinski definition) is 2. The first-order valence-corrected chi connectivity index (χ1v) is 4.42. The van der Waals surface area contributed by atoms with Crippen LogP contribution in [0.5, 0.6) is 0 Å². The number of esters is 2. The minimum atomic E-state index is -0.600. The van der Waals surface area contributed by atoms with E-state index in [2.05, 4.69) is 30.0 Å². The van der Waals surface area contributed by atoms with Gasteiger partial charge in [0.05, 0.1) is 5.75 Å². The van der Waals surface area contributed by atoms with Gasteiger partial charge >= 0.3 is 11.9 Å². The molecule has 0 aliphatic rings. The predicted molar refractivity (Wildman–Crippen MR) is 48.0 cm³/mol. The summed E-state index contributed by atoms with van der Waals surface area (Å²) in [4.78, 5) is 21.1. The number of ether oxygens (including phenoxy) is 1. The average molecular weight is 194 g/mol. The van der Waals surface area contributed by atoms with Crippen LogP contribution in [0.2, 0.25) is 0 Å². The second kappa shape index (κ2) is 6.54. The van der Waals surface area contributed by atoms with Crippen LogP contribution in [0.4, 0.5) is 0 Å². The molecule has 0 saturated heterocycles. The minimum Gasteiger partial charge on any atom is -0.393 e. The highest BCUT2D eigenvalue weighted by atomic mass is 32.1. The Kier molecular flexibility index (Phi) is 6.45. The van der Waals surface area contributed by atoms with Crippen molar-refractivity contribution in [1.29, 1.82) is 0 Å². The fraction of sp³-hybridized carbons (Fsp3) is 0.667. The first-order chi connectivity index (χ1) is 5.20. The van der Waals surface area contributed by atoms with Crippen LogP contribution >= 0.6 is 25.3 Å². The van der Waals surface area contributed by atoms with Crippen LogP contribution in [0.25, 0.3) is 0 Å². The Morgan fingerprint density at radius 2 is 1.82 bits per heavy atom. The fourth-order valence-electron chi connectivity index (χ4n) is 0.434. The standard InChI is InChI=1S/C6H10O3S2/c7-5(2-1-3-10)9-6(8)4-11/h10-11H,1-4H2. The monoisotopic (exact) mass is 194 g/mol. The number of carbonyl (C=O) groups is 2. The molecule has 0 aromatic carbocycles. The second-order valence-corrected chi connectivity index (χ2v) is 2.59. The third-order valence-electron chi connectivity index (χ3n) is 0.896. The first kappa shape index (κ1) is 10.8. The van der Waals surface area contributed by atoms with Gasteiger partial charge in [-0.15, -0.1) is 0 Å². The van der Waals surface area contributed by atoms with Crippen LogP contribution in [0, 0.1) is 0 Å². The van der Waals surface area contributed by atoms with Crippen LogP contribution in [-0.4, -0.2) is 23.4 Å². The number of carbonyl (C=O) groups excluding carboxylic acids is 2. The Bertz CT molecular complexity index is 147. The Labute approximate surface area is 76.3 Å². The Morgan fingerprint density at radius 3 is 2.27 bits per heavy atom. The number of rotatable bonds is 4. The molecule has 0 fully saturated rings. The van der Waals surface area contributed by atoms with Gasteiger partial charge in [0.25, 0.3) is 0 Å². The fourth-order valence-corrected chi connectivity index (χ4v) is 0.656. The highest BCUT2D eigenvalue weighted by molar-refractivity contribution is 7.81. The Hall–Kier alpha value is -0.160. The molecule has 3 nitrogen and oxygen atoms in total. The number of hydrogen-bond acceptors (Lipinski definition) is 5. The Morgan fingerprint density at radius 1 is 1.18 bits per heavy atom. The zero-order chi connectivity index (χ0) is 8.69. The summed E-state index contributed by atoms with van der Waals surface area (Å²) in [5.74, 6) is -0.549. The van der Waals surface area contributed by atoms with Gasteiger partial charge in [0.2, 0.25) is 0 Å². The van der Waals surface area contributed by atoms with E-state index in [9.17, 15) is 9.59 Å². The molecular weight excluding hydrogens is 184 g/mol. The molecule has 0 aromatic heterocycles. The van der Waals surface area contributed by atoms with Crippen molar-refractivity contribution in [2.75, 3.05) is 11.5 Å². The molecule has 0 aliphatic heterocycles. The summed E-state index contributed by atoms with van der Waals surface area (Å²) in [5, 5.41) is 0. The van der Waals surface area contributed by atoms with Crippen LogP contribution in [0.3, 0.4) is 0 Å². The van der Waals surface area contributed by atoms with Crippen LogP contribution in [-0.2, 0) is 14.3 Å². The Balaban J connectivity index is 3.44. The van der Waals surface area contributed by atoms with E-state index in [-0.39, 0.29) is 12.2 Å². The summed E-state index contributed by atoms with van der Waals surface area (Å²) < 4.78 is 4.31. The maximum absolute atomic E-state index is 10.7. The van der Waals surface area contributed by atoms with Crippen molar-refractivity contribution in [3.8, 4) is 0 Å². The van der Waals surface area contributed by atoms with E-state index < -0.39 is 11.9 Å². The van der Waals surface area contributed by atoms with Crippen molar-refractivity contribution in [2.45, 2.75) is 12.8 Å². The van der Waals surface area contributed by atoms with Crippen molar-refractivity contribution in [3.05, 3.63) is 0 Å². The van der Waals surface area contributed by atoms with E-state index in [1.54, 1.807) is 0 Å². The molecule has 0 amide bonds. The molecule has 0 rings (SSSR count). The van der Waals surface area contributed by atoms with Gasteiger partial charge in [0, 0.05) is 6.42 Å². The van der Waals surface area contributed by atoms with Crippen molar-refractivity contribution in [1.82, 2.24) is 0 Å². The zero-order valence-corrected chi connectivity index (χ0v) is 7.74. The van der Waals surface area contributed by atoms with Gasteiger partial charge in [-0.2, -0.15) is 25.3 Å². The van der Waals surface area contributed by atoms with E-state index in [0.29, 0.717) is 12.2 Å². The summed E-state index contributed by atoms with van der Waals surface area (Å²) in [5.41, 5.74) is 0. The van der Waals surface area contributed by atoms with Crippen LogP contribution in [0.1, 0.15) is 12.8 Å². The SMILES string of the molecule is O=C(CS)OC(=O)CCCS. The predicted octanol–water partition coefficient (Wildman–Crippen LogP) is 0.696. The van der Waals surface area contributed by atoms with Crippen molar-refractivity contribution in [2.24, 2.45) is 0 Å². The maximum Gasteiger partial charge on any atom is 0.323 e. The summed E-state index contributed by atoms with van der Waals surface area (Å²) in [6.07, 6.45) is 0.866. The number of thiol groups is 2. The highest BCUT2D eigenvalue weighted by Crippen LogP contribution is 1.95. The molecular formula is C6H10O3S2. The lowest BCUT2D eigenvalue weighted by molar-refractivity contribution is -0.157. The molecule has 5 heteroatoms. The average Bonchev–Trinajstić information content (AvgIpc) is 2.00. The smallest absolute Gasteiger partial charge is 0.323 e. The van der Waals surface area contributed by atoms with Gasteiger partial charge in [-0.1, -0.05) is 0 Å². The van der Waals surface area contributed by atoms with Gasteiger partial charge in [-0.25, -0.2) is 0 Å². The highest BCUT2D eigenvalue weighted by Gasteiger charge is 2.06. The molecule has 0 radical (unpaired) electrons. The molecule has 64 valence electrons. The molecule has 0 N–H and O–H groups in total. The quantitative estimate of drug-likeness (QED) is 0.393. The summed E-state index contributed by atoms with van der Waals surface area (Å²) in [7, 11) is 0. The van der Waals surface area contributed by atoms with E-state index in [1.165, 1.54) is 0 Å². The normalized spacial score (nSPS) is 9.27. The largest absolute Gasteiger partial charge is 0.393 e. The van der Waals surface area contributed by atoms with Crippen molar-refractivity contribution in [3.63, 3.8) is 0 Å². The lowest BCUT2D eigenvalue weighted by Crippen LogP contribution is -2.12. The van der Waals surface area contributed by atoms with Crippen LogP contribution < -0.4 is 0 Å². The van der Waals surface area contributed by atoms with Gasteiger partial charge in [-0.3, -0.25) is 9.59 Å². The maximum atomic E-state index is 10.7. The van der Waals surface area contributed by atoms with Gasteiger partial charge in [0.1, 0.15) is 0 Å². The van der Waals surface area contributed by atoms with Gasteiger partial charge in [-0.05, 0) is 12.2 Å².